The van der Waals surface area contributed by atoms with Gasteiger partial charge in [-0.15, -0.1) is 0 Å². The van der Waals surface area contributed by atoms with Gasteiger partial charge in [-0.2, -0.15) is 0 Å². The van der Waals surface area contributed by atoms with E-state index < -0.39 is 0 Å². The van der Waals surface area contributed by atoms with E-state index in [1.54, 1.807) is 13.3 Å². The first-order valence-corrected chi connectivity index (χ1v) is 13.1. The van der Waals surface area contributed by atoms with Crippen molar-refractivity contribution in [2.24, 2.45) is 5.92 Å². The molecular formula is C29H36N6O2. The lowest BCUT2D eigenvalue weighted by Gasteiger charge is -2.31. The summed E-state index contributed by atoms with van der Waals surface area (Å²) in [5, 5.41) is 6.55. The van der Waals surface area contributed by atoms with E-state index in [9.17, 15) is 4.79 Å². The summed E-state index contributed by atoms with van der Waals surface area (Å²) < 4.78 is 5.65. The predicted octanol–water partition coefficient (Wildman–Crippen LogP) is 4.06. The topological polar surface area (TPSA) is 82.6 Å². The normalized spacial score (nSPS) is 21.2. The van der Waals surface area contributed by atoms with Gasteiger partial charge in [0.1, 0.15) is 5.75 Å². The SMILES string of the molecule is COc1ccc2cc1CN(C)CCCNC(=O)C1CCN(CC1)Cc1cccc(c1)Nc1nccc-2n1. The Morgan fingerprint density at radius 1 is 1.03 bits per heavy atom. The number of hydrogen-bond acceptors (Lipinski definition) is 7. The van der Waals surface area contributed by atoms with Gasteiger partial charge in [0.2, 0.25) is 11.9 Å². The van der Waals surface area contributed by atoms with Crippen molar-refractivity contribution in [3.8, 4) is 17.0 Å². The number of nitrogens with one attached hydrogen (secondary N) is 2. The Balaban J connectivity index is 1.42. The summed E-state index contributed by atoms with van der Waals surface area (Å²) in [6.45, 7) is 5.06. The highest BCUT2D eigenvalue weighted by Crippen LogP contribution is 2.28. The van der Waals surface area contributed by atoms with E-state index in [0.29, 0.717) is 12.5 Å². The van der Waals surface area contributed by atoms with E-state index in [4.69, 9.17) is 9.72 Å². The maximum absolute atomic E-state index is 12.7. The third-order valence-corrected chi connectivity index (χ3v) is 7.24. The molecule has 37 heavy (non-hydrogen) atoms. The lowest BCUT2D eigenvalue weighted by Crippen LogP contribution is -2.40. The molecule has 3 aromatic rings. The Hall–Kier alpha value is -3.49. The summed E-state index contributed by atoms with van der Waals surface area (Å²) in [6.07, 6.45) is 4.50. The summed E-state index contributed by atoms with van der Waals surface area (Å²) >= 11 is 0. The van der Waals surface area contributed by atoms with Gasteiger partial charge in [-0.1, -0.05) is 12.1 Å². The molecule has 3 aliphatic rings. The van der Waals surface area contributed by atoms with E-state index in [0.717, 1.165) is 80.2 Å². The van der Waals surface area contributed by atoms with Gasteiger partial charge in [0.15, 0.2) is 0 Å². The van der Waals surface area contributed by atoms with Crippen LogP contribution in [0, 0.1) is 5.92 Å². The molecule has 8 bridgehead atoms. The highest BCUT2D eigenvalue weighted by molar-refractivity contribution is 5.78. The molecule has 8 heteroatoms. The number of carbonyl (C=O) groups is 1. The minimum atomic E-state index is 0.108. The van der Waals surface area contributed by atoms with E-state index >= 15 is 0 Å². The number of fused-ring (bicyclic) bond motifs is 8. The van der Waals surface area contributed by atoms with Gasteiger partial charge in [-0.25, -0.2) is 9.97 Å². The Morgan fingerprint density at radius 3 is 2.73 bits per heavy atom. The number of aromatic nitrogens is 2. The number of amides is 1. The number of benzene rings is 2. The van der Waals surface area contributed by atoms with Crippen molar-refractivity contribution in [3.05, 3.63) is 65.9 Å². The molecule has 4 heterocycles. The standard InChI is InChI=1S/C29H36N6O2/c1-34-14-4-12-30-28(36)22-10-15-35(16-11-22)19-21-5-3-6-25(17-21)32-29-31-13-9-26(33-29)23-7-8-27(37-2)24(18-23)20-34/h3,5-9,13,17-18,22H,4,10-12,14-16,19-20H2,1-2H3,(H,30,36)(H,31,32,33). The van der Waals surface area contributed by atoms with Crippen LogP contribution in [-0.4, -0.2) is 66.0 Å². The van der Waals surface area contributed by atoms with Crippen molar-refractivity contribution in [2.75, 3.05) is 45.7 Å². The van der Waals surface area contributed by atoms with Crippen molar-refractivity contribution < 1.29 is 9.53 Å². The second kappa shape index (κ2) is 11.7. The molecule has 1 saturated heterocycles. The number of hydrogen-bond donors (Lipinski definition) is 2. The fraction of sp³-hybridized carbons (Fsp3) is 0.414. The van der Waals surface area contributed by atoms with Gasteiger partial charge < -0.3 is 20.3 Å². The van der Waals surface area contributed by atoms with Crippen LogP contribution in [0.5, 0.6) is 5.75 Å². The molecule has 1 fully saturated rings. The largest absolute Gasteiger partial charge is 0.496 e. The molecule has 1 aromatic heterocycles. The number of carbonyl (C=O) groups excluding carboxylic acids is 1. The van der Waals surface area contributed by atoms with Crippen LogP contribution in [0.1, 0.15) is 30.4 Å². The fourth-order valence-electron chi connectivity index (χ4n) is 5.20. The minimum absolute atomic E-state index is 0.108. The molecule has 2 N–H and O–H groups in total. The molecule has 0 atom stereocenters. The molecule has 194 valence electrons. The molecule has 0 unspecified atom stereocenters. The highest BCUT2D eigenvalue weighted by Gasteiger charge is 2.24. The first-order chi connectivity index (χ1) is 18.1. The molecule has 1 amide bonds. The van der Waals surface area contributed by atoms with Crippen molar-refractivity contribution in [2.45, 2.75) is 32.4 Å². The van der Waals surface area contributed by atoms with Crippen LogP contribution >= 0.6 is 0 Å². The fourth-order valence-corrected chi connectivity index (χ4v) is 5.20. The average Bonchev–Trinajstić information content (AvgIpc) is 2.91. The highest BCUT2D eigenvalue weighted by atomic mass is 16.5. The van der Waals surface area contributed by atoms with E-state index in [2.05, 4.69) is 56.7 Å². The summed E-state index contributed by atoms with van der Waals surface area (Å²) in [5.41, 5.74) is 5.16. The molecule has 0 spiro atoms. The van der Waals surface area contributed by atoms with E-state index in [1.807, 2.05) is 24.3 Å². The summed E-state index contributed by atoms with van der Waals surface area (Å²) in [4.78, 5) is 26.7. The van der Waals surface area contributed by atoms with Crippen LogP contribution in [0.4, 0.5) is 11.6 Å². The van der Waals surface area contributed by atoms with Gasteiger partial charge in [0, 0.05) is 48.6 Å². The molecule has 0 aliphatic carbocycles. The number of methoxy groups -OCH3 is 1. The third kappa shape index (κ3) is 6.45. The molecule has 6 rings (SSSR count). The Kier molecular flexibility index (Phi) is 7.96. The van der Waals surface area contributed by atoms with Crippen molar-refractivity contribution in [3.63, 3.8) is 0 Å². The zero-order chi connectivity index (χ0) is 25.6. The van der Waals surface area contributed by atoms with Gasteiger partial charge in [0.25, 0.3) is 0 Å². The monoisotopic (exact) mass is 500 g/mol. The molecular weight excluding hydrogens is 464 g/mol. The maximum Gasteiger partial charge on any atom is 0.227 e. The van der Waals surface area contributed by atoms with Gasteiger partial charge in [-0.05, 0) is 87.9 Å². The molecule has 8 nitrogen and oxygen atoms in total. The van der Waals surface area contributed by atoms with Crippen LogP contribution in [-0.2, 0) is 17.9 Å². The zero-order valence-electron chi connectivity index (χ0n) is 21.7. The van der Waals surface area contributed by atoms with Crippen LogP contribution < -0.4 is 15.4 Å². The predicted molar refractivity (Wildman–Crippen MR) is 146 cm³/mol. The third-order valence-electron chi connectivity index (χ3n) is 7.24. The lowest BCUT2D eigenvalue weighted by molar-refractivity contribution is -0.126. The number of anilines is 2. The number of rotatable bonds is 1. The lowest BCUT2D eigenvalue weighted by atomic mass is 9.95. The minimum Gasteiger partial charge on any atom is -0.496 e. The van der Waals surface area contributed by atoms with E-state index in [-0.39, 0.29) is 11.8 Å². The smallest absolute Gasteiger partial charge is 0.227 e. The number of ether oxygens (including phenoxy) is 1. The summed E-state index contributed by atoms with van der Waals surface area (Å²) in [6, 6.07) is 16.5. The summed E-state index contributed by atoms with van der Waals surface area (Å²) in [5.74, 6) is 1.73. The number of piperidine rings is 1. The maximum atomic E-state index is 12.7. The van der Waals surface area contributed by atoms with Crippen LogP contribution in [0.2, 0.25) is 0 Å². The molecule has 2 aromatic carbocycles. The first-order valence-electron chi connectivity index (χ1n) is 13.1. The van der Waals surface area contributed by atoms with E-state index in [1.165, 1.54) is 5.56 Å². The van der Waals surface area contributed by atoms with Crippen molar-refractivity contribution in [1.29, 1.82) is 0 Å². The quantitative estimate of drug-likeness (QED) is 0.521. The van der Waals surface area contributed by atoms with Crippen LogP contribution in [0.3, 0.4) is 0 Å². The Morgan fingerprint density at radius 2 is 1.89 bits per heavy atom. The van der Waals surface area contributed by atoms with Crippen molar-refractivity contribution >= 4 is 17.5 Å². The molecule has 3 aliphatic heterocycles. The van der Waals surface area contributed by atoms with Crippen LogP contribution in [0.25, 0.3) is 11.3 Å². The second-order valence-corrected chi connectivity index (χ2v) is 10.1. The van der Waals surface area contributed by atoms with Crippen molar-refractivity contribution in [1.82, 2.24) is 25.1 Å². The second-order valence-electron chi connectivity index (χ2n) is 10.1. The van der Waals surface area contributed by atoms with Gasteiger partial charge >= 0.3 is 0 Å². The van der Waals surface area contributed by atoms with Gasteiger partial charge in [-0.3, -0.25) is 9.69 Å². The zero-order valence-corrected chi connectivity index (χ0v) is 21.7. The first kappa shape index (κ1) is 25.2. The van der Waals surface area contributed by atoms with Gasteiger partial charge in [0.05, 0.1) is 12.8 Å². The number of nitrogens with zero attached hydrogens (tertiary/aromatic N) is 4. The molecule has 0 radical (unpaired) electrons. The molecule has 0 saturated carbocycles. The summed E-state index contributed by atoms with van der Waals surface area (Å²) in [7, 11) is 3.80. The Labute approximate surface area is 219 Å². The average molecular weight is 501 g/mol. The van der Waals surface area contributed by atoms with Crippen LogP contribution in [0.15, 0.2) is 54.7 Å². The Bertz CT molecular complexity index is 1220.